The van der Waals surface area contributed by atoms with Crippen LogP contribution in [-0.4, -0.2) is 30.8 Å². The van der Waals surface area contributed by atoms with Crippen LogP contribution in [0.15, 0.2) is 18.2 Å². The molecule has 1 N–H and O–H groups in total. The van der Waals surface area contributed by atoms with E-state index in [1.807, 2.05) is 6.92 Å². The van der Waals surface area contributed by atoms with Crippen molar-refractivity contribution in [1.29, 1.82) is 5.26 Å². The molecule has 0 spiro atoms. The third kappa shape index (κ3) is 4.82. The number of nitrogens with one attached hydrogen (secondary N) is 1. The molecule has 0 aliphatic carbocycles. The molecule has 134 valence electrons. The number of nitriles is 1. The predicted molar refractivity (Wildman–Crippen MR) is 98.6 cm³/mol. The third-order valence-corrected chi connectivity index (χ3v) is 4.75. The van der Waals surface area contributed by atoms with Gasteiger partial charge in [-0.3, -0.25) is 9.59 Å². The maximum absolute atomic E-state index is 12.5. The van der Waals surface area contributed by atoms with Crippen LogP contribution >= 0.6 is 0 Å². The van der Waals surface area contributed by atoms with Gasteiger partial charge in [-0.1, -0.05) is 13.3 Å². The Labute approximate surface area is 150 Å². The molecule has 2 unspecified atom stereocenters. The smallest absolute Gasteiger partial charge is 0.225 e. The van der Waals surface area contributed by atoms with Crippen molar-refractivity contribution >= 4 is 17.4 Å². The van der Waals surface area contributed by atoms with Crippen LogP contribution in [0.3, 0.4) is 0 Å². The molecular formula is C20H27N3O2. The fourth-order valence-electron chi connectivity index (χ4n) is 3.44. The van der Waals surface area contributed by atoms with Crippen molar-refractivity contribution in [3.05, 3.63) is 29.3 Å². The van der Waals surface area contributed by atoms with E-state index in [4.69, 9.17) is 5.26 Å². The van der Waals surface area contributed by atoms with Crippen LogP contribution in [-0.2, 0) is 4.79 Å². The van der Waals surface area contributed by atoms with Crippen molar-refractivity contribution in [2.24, 2.45) is 5.92 Å². The van der Waals surface area contributed by atoms with Gasteiger partial charge in [-0.2, -0.15) is 5.26 Å². The quantitative estimate of drug-likeness (QED) is 0.806. The van der Waals surface area contributed by atoms with Crippen LogP contribution < -0.4 is 10.2 Å². The zero-order valence-corrected chi connectivity index (χ0v) is 15.3. The number of Topliss-reactive ketones (excluding diaryl/α,β-unsaturated/α-hetero) is 1. The van der Waals surface area contributed by atoms with Gasteiger partial charge in [0.15, 0.2) is 5.78 Å². The normalized spacial score (nSPS) is 18.3. The summed E-state index contributed by atoms with van der Waals surface area (Å²) in [5, 5.41) is 12.3. The minimum atomic E-state index is -0.0846. The highest BCUT2D eigenvalue weighted by atomic mass is 16.2. The lowest BCUT2D eigenvalue weighted by Crippen LogP contribution is -2.45. The van der Waals surface area contributed by atoms with E-state index in [1.165, 1.54) is 6.92 Å². The molecule has 25 heavy (non-hydrogen) atoms. The van der Waals surface area contributed by atoms with E-state index in [0.29, 0.717) is 17.7 Å². The fraction of sp³-hybridized carbons (Fsp3) is 0.550. The van der Waals surface area contributed by atoms with Gasteiger partial charge in [-0.15, -0.1) is 0 Å². The lowest BCUT2D eigenvalue weighted by molar-refractivity contribution is -0.125. The molecule has 0 saturated carbocycles. The van der Waals surface area contributed by atoms with Gasteiger partial charge in [-0.05, 0) is 51.3 Å². The molecule has 1 aliphatic rings. The number of hydrogen-bond donors (Lipinski definition) is 1. The Morgan fingerprint density at radius 1 is 1.44 bits per heavy atom. The SMILES string of the molecule is CCCC(C)NC(=O)C1CCCN(c2cc(C#N)ccc2C(C)=O)C1. The zero-order chi connectivity index (χ0) is 18.4. The molecule has 1 aromatic carbocycles. The topological polar surface area (TPSA) is 73.2 Å². The maximum Gasteiger partial charge on any atom is 0.225 e. The number of carbonyl (C=O) groups is 2. The molecule has 0 bridgehead atoms. The third-order valence-electron chi connectivity index (χ3n) is 4.75. The number of ketones is 1. The Hall–Kier alpha value is -2.35. The number of nitrogens with zero attached hydrogens (tertiary/aromatic N) is 2. The number of benzene rings is 1. The number of amides is 1. The largest absolute Gasteiger partial charge is 0.370 e. The Morgan fingerprint density at radius 2 is 2.20 bits per heavy atom. The van der Waals surface area contributed by atoms with Gasteiger partial charge in [0.1, 0.15) is 0 Å². The lowest BCUT2D eigenvalue weighted by Gasteiger charge is -2.35. The van der Waals surface area contributed by atoms with Gasteiger partial charge in [0.2, 0.25) is 5.91 Å². The van der Waals surface area contributed by atoms with Crippen LogP contribution in [0.25, 0.3) is 0 Å². The summed E-state index contributed by atoms with van der Waals surface area (Å²) in [6.45, 7) is 7.05. The molecule has 1 aromatic rings. The van der Waals surface area contributed by atoms with Gasteiger partial charge in [0, 0.05) is 30.4 Å². The standard InChI is InChI=1S/C20H27N3O2/c1-4-6-14(2)22-20(25)17-7-5-10-23(13-17)19-11-16(12-21)8-9-18(19)15(3)24/h8-9,11,14,17H,4-7,10,13H2,1-3H3,(H,22,25). The summed E-state index contributed by atoms with van der Waals surface area (Å²) in [7, 11) is 0. The molecule has 1 fully saturated rings. The number of anilines is 1. The first kappa shape index (κ1) is 19.0. The van der Waals surface area contributed by atoms with E-state index in [2.05, 4.69) is 23.2 Å². The van der Waals surface area contributed by atoms with Crippen LogP contribution in [0.2, 0.25) is 0 Å². The second-order valence-corrected chi connectivity index (χ2v) is 6.88. The van der Waals surface area contributed by atoms with Gasteiger partial charge < -0.3 is 10.2 Å². The highest BCUT2D eigenvalue weighted by Gasteiger charge is 2.28. The molecule has 2 atom stereocenters. The molecule has 1 saturated heterocycles. The van der Waals surface area contributed by atoms with Crippen molar-refractivity contribution in [3.63, 3.8) is 0 Å². The average Bonchev–Trinajstić information content (AvgIpc) is 2.61. The van der Waals surface area contributed by atoms with Crippen LogP contribution in [0, 0.1) is 17.2 Å². The zero-order valence-electron chi connectivity index (χ0n) is 15.3. The summed E-state index contributed by atoms with van der Waals surface area (Å²) in [6, 6.07) is 7.45. The first-order valence-corrected chi connectivity index (χ1v) is 9.06. The molecule has 1 heterocycles. The molecule has 5 heteroatoms. The summed E-state index contributed by atoms with van der Waals surface area (Å²) in [5.74, 6) is -0.0206. The van der Waals surface area contributed by atoms with E-state index < -0.39 is 0 Å². The molecule has 1 amide bonds. The monoisotopic (exact) mass is 341 g/mol. The number of rotatable bonds is 6. The highest BCUT2D eigenvalue weighted by molar-refractivity contribution is 6.00. The molecule has 0 aromatic heterocycles. The second-order valence-electron chi connectivity index (χ2n) is 6.88. The molecule has 0 radical (unpaired) electrons. The average molecular weight is 341 g/mol. The first-order valence-electron chi connectivity index (χ1n) is 9.06. The van der Waals surface area contributed by atoms with E-state index in [0.717, 1.165) is 37.9 Å². The van der Waals surface area contributed by atoms with Crippen LogP contribution in [0.1, 0.15) is 62.4 Å². The van der Waals surface area contributed by atoms with Gasteiger partial charge in [0.05, 0.1) is 17.6 Å². The Morgan fingerprint density at radius 3 is 2.84 bits per heavy atom. The lowest BCUT2D eigenvalue weighted by atomic mass is 9.94. The Kier molecular flexibility index (Phi) is 6.58. The van der Waals surface area contributed by atoms with Gasteiger partial charge >= 0.3 is 0 Å². The second kappa shape index (κ2) is 8.66. The summed E-state index contributed by atoms with van der Waals surface area (Å²) in [6.07, 6.45) is 3.77. The van der Waals surface area contributed by atoms with Crippen LogP contribution in [0.5, 0.6) is 0 Å². The van der Waals surface area contributed by atoms with Crippen molar-refractivity contribution in [2.45, 2.75) is 52.5 Å². The van der Waals surface area contributed by atoms with Crippen molar-refractivity contribution < 1.29 is 9.59 Å². The van der Waals surface area contributed by atoms with Gasteiger partial charge in [-0.25, -0.2) is 0 Å². The van der Waals surface area contributed by atoms with E-state index in [1.54, 1.807) is 18.2 Å². The first-order chi connectivity index (χ1) is 12.0. The fourth-order valence-corrected chi connectivity index (χ4v) is 3.44. The van der Waals surface area contributed by atoms with Crippen molar-refractivity contribution in [3.8, 4) is 6.07 Å². The summed E-state index contributed by atoms with van der Waals surface area (Å²) in [4.78, 5) is 26.6. The molecule has 1 aliphatic heterocycles. The molecular weight excluding hydrogens is 314 g/mol. The van der Waals surface area contributed by atoms with Gasteiger partial charge in [0.25, 0.3) is 0 Å². The Bertz CT molecular complexity index is 678. The summed E-state index contributed by atoms with van der Waals surface area (Å²) in [5.41, 5.74) is 1.91. The minimum Gasteiger partial charge on any atom is -0.370 e. The van der Waals surface area contributed by atoms with E-state index in [-0.39, 0.29) is 23.7 Å². The highest BCUT2D eigenvalue weighted by Crippen LogP contribution is 2.28. The summed E-state index contributed by atoms with van der Waals surface area (Å²) < 4.78 is 0. The minimum absolute atomic E-state index is 0.0253. The van der Waals surface area contributed by atoms with Crippen LogP contribution in [0.4, 0.5) is 5.69 Å². The molecule has 2 rings (SSSR count). The molecule has 5 nitrogen and oxygen atoms in total. The van der Waals surface area contributed by atoms with Crippen molar-refractivity contribution in [1.82, 2.24) is 5.32 Å². The van der Waals surface area contributed by atoms with Crippen molar-refractivity contribution in [2.75, 3.05) is 18.0 Å². The Balaban J connectivity index is 2.17. The maximum atomic E-state index is 12.5. The number of piperidine rings is 1. The number of hydrogen-bond acceptors (Lipinski definition) is 4. The number of carbonyl (C=O) groups excluding carboxylic acids is 2. The van der Waals surface area contributed by atoms with E-state index >= 15 is 0 Å². The summed E-state index contributed by atoms with van der Waals surface area (Å²) >= 11 is 0. The predicted octanol–water partition coefficient (Wildman–Crippen LogP) is 3.28. The van der Waals surface area contributed by atoms with E-state index in [9.17, 15) is 9.59 Å².